The van der Waals surface area contributed by atoms with Crippen molar-refractivity contribution in [1.82, 2.24) is 10.3 Å². The fourth-order valence-electron chi connectivity index (χ4n) is 1.81. The monoisotopic (exact) mass is 333 g/mol. The molecule has 1 aromatic heterocycles. The second-order valence-electron chi connectivity index (χ2n) is 4.92. The van der Waals surface area contributed by atoms with E-state index in [1.807, 2.05) is 37.3 Å². The quantitative estimate of drug-likeness (QED) is 0.763. The molecule has 2 rings (SSSR count). The number of nitrogens with one attached hydrogen (secondary N) is 2. The molecule has 0 unspecified atom stereocenters. The Hall–Kier alpha value is -2.41. The third-order valence-corrected chi connectivity index (χ3v) is 3.76. The maximum absolute atomic E-state index is 11.7. The highest BCUT2D eigenvalue weighted by molar-refractivity contribution is 7.15. The van der Waals surface area contributed by atoms with Crippen LogP contribution in [0.3, 0.4) is 0 Å². The number of ether oxygens (including phenoxy) is 1. The Labute approximate surface area is 138 Å². The average molecular weight is 333 g/mol. The van der Waals surface area contributed by atoms with Gasteiger partial charge in [0.1, 0.15) is 6.61 Å². The van der Waals surface area contributed by atoms with E-state index < -0.39 is 6.09 Å². The summed E-state index contributed by atoms with van der Waals surface area (Å²) in [5.74, 6) is -0.112. The first kappa shape index (κ1) is 17.0. The number of hydrogen-bond acceptors (Lipinski definition) is 5. The van der Waals surface area contributed by atoms with E-state index in [2.05, 4.69) is 15.6 Å². The van der Waals surface area contributed by atoms with Gasteiger partial charge in [-0.05, 0) is 18.9 Å². The van der Waals surface area contributed by atoms with Crippen LogP contribution >= 0.6 is 11.3 Å². The Bertz CT molecular complexity index is 643. The number of aryl methyl sites for hydroxylation is 1. The van der Waals surface area contributed by atoms with Gasteiger partial charge in [0.25, 0.3) is 0 Å². The fraction of sp³-hybridized carbons (Fsp3) is 0.312. The first-order valence-electron chi connectivity index (χ1n) is 7.30. The molecule has 0 aliphatic carbocycles. The lowest BCUT2D eigenvalue weighted by Gasteiger charge is -2.07. The van der Waals surface area contributed by atoms with Crippen molar-refractivity contribution in [3.63, 3.8) is 0 Å². The van der Waals surface area contributed by atoms with Gasteiger partial charge < -0.3 is 15.4 Å². The molecule has 6 nitrogen and oxygen atoms in total. The summed E-state index contributed by atoms with van der Waals surface area (Å²) in [7, 11) is 0. The van der Waals surface area contributed by atoms with Gasteiger partial charge in [-0.2, -0.15) is 0 Å². The summed E-state index contributed by atoms with van der Waals surface area (Å²) >= 11 is 1.43. The maximum atomic E-state index is 11.7. The lowest BCUT2D eigenvalue weighted by Crippen LogP contribution is -2.26. The molecular formula is C16H19N3O3S. The number of alkyl carbamates (subject to hydrolysis) is 1. The Morgan fingerprint density at radius 3 is 2.74 bits per heavy atom. The molecule has 0 saturated carbocycles. The largest absolute Gasteiger partial charge is 0.445 e. The second kappa shape index (κ2) is 8.89. The lowest BCUT2D eigenvalue weighted by atomic mass is 10.2. The number of thiazole rings is 1. The summed E-state index contributed by atoms with van der Waals surface area (Å²) < 4.78 is 5.07. The summed E-state index contributed by atoms with van der Waals surface area (Å²) in [5, 5.41) is 5.94. The molecule has 0 aliphatic rings. The Morgan fingerprint density at radius 2 is 2.04 bits per heavy atom. The van der Waals surface area contributed by atoms with Gasteiger partial charge in [0.2, 0.25) is 5.91 Å². The Morgan fingerprint density at radius 1 is 1.26 bits per heavy atom. The van der Waals surface area contributed by atoms with Crippen molar-refractivity contribution in [2.75, 3.05) is 11.9 Å². The molecule has 0 bridgehead atoms. The van der Waals surface area contributed by atoms with Gasteiger partial charge in [-0.1, -0.05) is 30.3 Å². The zero-order valence-corrected chi connectivity index (χ0v) is 13.7. The number of aromatic nitrogens is 1. The van der Waals surface area contributed by atoms with Crippen LogP contribution in [0.2, 0.25) is 0 Å². The lowest BCUT2D eigenvalue weighted by molar-refractivity contribution is -0.116. The van der Waals surface area contributed by atoms with Gasteiger partial charge in [0.15, 0.2) is 5.13 Å². The molecule has 0 fully saturated rings. The predicted octanol–water partition coefficient (Wildman–Crippen LogP) is 3.10. The van der Waals surface area contributed by atoms with Gasteiger partial charge in [0.05, 0.1) is 0 Å². The van der Waals surface area contributed by atoms with Crippen molar-refractivity contribution in [2.45, 2.75) is 26.4 Å². The third-order valence-electron chi connectivity index (χ3n) is 2.93. The number of anilines is 1. The summed E-state index contributed by atoms with van der Waals surface area (Å²) in [5.41, 5.74) is 0.931. The van der Waals surface area contributed by atoms with Crippen molar-refractivity contribution >= 4 is 28.5 Å². The standard InChI is InChI=1S/C16H19N3O3S/c1-12-10-18-15(23-12)19-14(20)8-5-9-17-16(21)22-11-13-6-3-2-4-7-13/h2-4,6-7,10H,5,8-9,11H2,1H3,(H,17,21)(H,18,19,20). The number of carbonyl (C=O) groups excluding carboxylic acids is 2. The molecule has 122 valence electrons. The zero-order valence-electron chi connectivity index (χ0n) is 12.9. The molecule has 1 heterocycles. The smallest absolute Gasteiger partial charge is 0.407 e. The van der Waals surface area contributed by atoms with Crippen molar-refractivity contribution in [2.24, 2.45) is 0 Å². The highest BCUT2D eigenvalue weighted by Gasteiger charge is 2.06. The first-order chi connectivity index (χ1) is 11.1. The van der Waals surface area contributed by atoms with Gasteiger partial charge in [-0.25, -0.2) is 9.78 Å². The summed E-state index contributed by atoms with van der Waals surface area (Å²) in [6.07, 6.45) is 2.09. The van der Waals surface area contributed by atoms with E-state index in [0.29, 0.717) is 24.5 Å². The van der Waals surface area contributed by atoms with Crippen molar-refractivity contribution in [1.29, 1.82) is 0 Å². The summed E-state index contributed by atoms with van der Waals surface area (Å²) in [6, 6.07) is 9.45. The summed E-state index contributed by atoms with van der Waals surface area (Å²) in [4.78, 5) is 28.3. The molecule has 1 aromatic carbocycles. The van der Waals surface area contributed by atoms with Crippen LogP contribution < -0.4 is 10.6 Å². The van der Waals surface area contributed by atoms with Crippen LogP contribution in [0.1, 0.15) is 23.3 Å². The van der Waals surface area contributed by atoms with Crippen LogP contribution in [0, 0.1) is 6.92 Å². The molecule has 23 heavy (non-hydrogen) atoms. The highest BCUT2D eigenvalue weighted by atomic mass is 32.1. The number of amides is 2. The van der Waals surface area contributed by atoms with Gasteiger partial charge >= 0.3 is 6.09 Å². The minimum absolute atomic E-state index is 0.112. The number of carbonyl (C=O) groups is 2. The van der Waals surface area contributed by atoms with Crippen molar-refractivity contribution in [3.05, 3.63) is 47.0 Å². The van der Waals surface area contributed by atoms with Gasteiger partial charge in [-0.15, -0.1) is 11.3 Å². The Kier molecular flexibility index (Phi) is 6.56. The van der Waals surface area contributed by atoms with Crippen LogP contribution in [0.4, 0.5) is 9.93 Å². The van der Waals surface area contributed by atoms with E-state index in [1.54, 1.807) is 6.20 Å². The van der Waals surface area contributed by atoms with E-state index in [0.717, 1.165) is 10.4 Å². The summed E-state index contributed by atoms with van der Waals surface area (Å²) in [6.45, 7) is 2.55. The molecule has 2 aromatic rings. The van der Waals surface area contributed by atoms with Crippen molar-refractivity contribution in [3.8, 4) is 0 Å². The third kappa shape index (κ3) is 6.48. The molecule has 0 atom stereocenters. The maximum Gasteiger partial charge on any atom is 0.407 e. The van der Waals surface area contributed by atoms with Gasteiger partial charge in [-0.3, -0.25) is 4.79 Å². The van der Waals surface area contributed by atoms with E-state index in [4.69, 9.17) is 4.74 Å². The molecule has 0 radical (unpaired) electrons. The average Bonchev–Trinajstić information content (AvgIpc) is 2.95. The van der Waals surface area contributed by atoms with Crippen LogP contribution in [-0.2, 0) is 16.1 Å². The van der Waals surface area contributed by atoms with E-state index in [9.17, 15) is 9.59 Å². The fourth-order valence-corrected chi connectivity index (χ4v) is 2.49. The van der Waals surface area contributed by atoms with E-state index in [-0.39, 0.29) is 12.5 Å². The van der Waals surface area contributed by atoms with Gasteiger partial charge in [0, 0.05) is 24.0 Å². The molecule has 7 heteroatoms. The van der Waals surface area contributed by atoms with Crippen LogP contribution in [0.15, 0.2) is 36.5 Å². The molecule has 0 saturated heterocycles. The van der Waals surface area contributed by atoms with Crippen LogP contribution in [0.25, 0.3) is 0 Å². The molecule has 2 N–H and O–H groups in total. The number of benzene rings is 1. The van der Waals surface area contributed by atoms with Crippen molar-refractivity contribution < 1.29 is 14.3 Å². The number of hydrogen-bond donors (Lipinski definition) is 2. The molecule has 0 spiro atoms. The number of nitrogens with zero attached hydrogens (tertiary/aromatic N) is 1. The van der Waals surface area contributed by atoms with E-state index >= 15 is 0 Å². The highest BCUT2D eigenvalue weighted by Crippen LogP contribution is 2.16. The SMILES string of the molecule is Cc1cnc(NC(=O)CCCNC(=O)OCc2ccccc2)s1. The van der Waals surface area contributed by atoms with Crippen LogP contribution in [0.5, 0.6) is 0 Å². The predicted molar refractivity (Wildman–Crippen MR) is 89.3 cm³/mol. The zero-order chi connectivity index (χ0) is 16.5. The number of rotatable bonds is 7. The molecular weight excluding hydrogens is 314 g/mol. The first-order valence-corrected chi connectivity index (χ1v) is 8.12. The topological polar surface area (TPSA) is 80.3 Å². The minimum atomic E-state index is -0.482. The molecule has 0 aliphatic heterocycles. The normalized spacial score (nSPS) is 10.1. The minimum Gasteiger partial charge on any atom is -0.445 e. The van der Waals surface area contributed by atoms with Crippen LogP contribution in [-0.4, -0.2) is 23.5 Å². The molecule has 2 amide bonds. The van der Waals surface area contributed by atoms with E-state index in [1.165, 1.54) is 11.3 Å². The second-order valence-corrected chi connectivity index (χ2v) is 6.15. The Balaban J connectivity index is 1.56.